The van der Waals surface area contributed by atoms with Crippen molar-refractivity contribution in [2.75, 3.05) is 13.2 Å². The molecule has 0 saturated carbocycles. The van der Waals surface area contributed by atoms with Gasteiger partial charge in [-0.2, -0.15) is 0 Å². The quantitative estimate of drug-likeness (QED) is 0.335. The van der Waals surface area contributed by atoms with E-state index in [1.54, 1.807) is 20.8 Å². The van der Waals surface area contributed by atoms with Crippen LogP contribution in [-0.4, -0.2) is 47.7 Å². The number of carbonyl (C=O) groups is 3. The third-order valence-electron chi connectivity index (χ3n) is 5.65. The Kier molecular flexibility index (Phi) is 9.43. The van der Waals surface area contributed by atoms with Crippen molar-refractivity contribution in [1.29, 1.82) is 0 Å². The maximum absolute atomic E-state index is 13.5. The largest absolute Gasteiger partial charge is 0.460 e. The van der Waals surface area contributed by atoms with Crippen LogP contribution in [-0.2, 0) is 36.8 Å². The molecule has 0 radical (unpaired) electrons. The molecule has 3 rings (SSSR count). The molecule has 188 valence electrons. The Morgan fingerprint density at radius 3 is 2.29 bits per heavy atom. The lowest BCUT2D eigenvalue weighted by Gasteiger charge is -2.26. The highest BCUT2D eigenvalue weighted by Gasteiger charge is 2.41. The van der Waals surface area contributed by atoms with Crippen molar-refractivity contribution < 1.29 is 28.6 Å². The minimum Gasteiger partial charge on any atom is -0.460 e. The van der Waals surface area contributed by atoms with Gasteiger partial charge in [-0.25, -0.2) is 9.69 Å². The second-order valence-electron chi connectivity index (χ2n) is 9.80. The maximum atomic E-state index is 13.5. The van der Waals surface area contributed by atoms with E-state index in [0.29, 0.717) is 32.5 Å². The van der Waals surface area contributed by atoms with Crippen molar-refractivity contribution in [1.82, 2.24) is 4.90 Å². The van der Waals surface area contributed by atoms with E-state index in [9.17, 15) is 14.4 Å². The van der Waals surface area contributed by atoms with Crippen LogP contribution in [0.3, 0.4) is 0 Å². The number of cyclic esters (lactones) is 1. The van der Waals surface area contributed by atoms with Crippen LogP contribution < -0.4 is 0 Å². The fraction of sp³-hybridized carbons (Fsp3) is 0.464. The van der Waals surface area contributed by atoms with Crippen LogP contribution in [0.2, 0.25) is 0 Å². The number of ether oxygens (including phenoxy) is 3. The molecule has 7 nitrogen and oxygen atoms in total. The molecule has 0 spiro atoms. The molecule has 0 aromatic heterocycles. The number of imide groups is 1. The monoisotopic (exact) mass is 481 g/mol. The Balaban J connectivity index is 1.64. The summed E-state index contributed by atoms with van der Waals surface area (Å²) in [5, 5.41) is 0. The Bertz CT molecular complexity index is 970. The Hall–Kier alpha value is -3.19. The van der Waals surface area contributed by atoms with E-state index in [1.165, 1.54) is 4.90 Å². The molecule has 2 aromatic rings. The lowest BCUT2D eigenvalue weighted by atomic mass is 9.96. The van der Waals surface area contributed by atoms with Gasteiger partial charge >= 0.3 is 12.1 Å². The van der Waals surface area contributed by atoms with Gasteiger partial charge in [-0.05, 0) is 51.2 Å². The van der Waals surface area contributed by atoms with Crippen LogP contribution in [0.1, 0.15) is 51.2 Å². The van der Waals surface area contributed by atoms with Gasteiger partial charge in [-0.3, -0.25) is 9.59 Å². The number of hydrogen-bond donors (Lipinski definition) is 0. The summed E-state index contributed by atoms with van der Waals surface area (Å²) in [5.74, 6) is -1.57. The van der Waals surface area contributed by atoms with E-state index in [4.69, 9.17) is 14.2 Å². The van der Waals surface area contributed by atoms with E-state index in [-0.39, 0.29) is 13.0 Å². The molecule has 1 heterocycles. The standard InChI is InChI=1S/C28H35NO6/c1-28(2,3)35-25(30)18-23(15-10-16-33-19-22-13-8-5-9-14-22)26(31)29-24(20-34-27(29)32)17-21-11-6-4-7-12-21/h4-9,11-14,23-24H,10,15-20H2,1-3H3/t23-,24+/m1/s1. The lowest BCUT2D eigenvalue weighted by Crippen LogP contribution is -2.44. The van der Waals surface area contributed by atoms with Gasteiger partial charge in [0.25, 0.3) is 0 Å². The predicted octanol–water partition coefficient (Wildman–Crippen LogP) is 4.92. The van der Waals surface area contributed by atoms with Gasteiger partial charge in [-0.1, -0.05) is 60.7 Å². The summed E-state index contributed by atoms with van der Waals surface area (Å²) in [6.07, 6.45) is 0.701. The number of carbonyl (C=O) groups excluding carboxylic acids is 3. The first-order chi connectivity index (χ1) is 16.7. The molecular formula is C28H35NO6. The van der Waals surface area contributed by atoms with Crippen molar-refractivity contribution in [2.45, 2.75) is 64.7 Å². The zero-order valence-corrected chi connectivity index (χ0v) is 20.8. The summed E-state index contributed by atoms with van der Waals surface area (Å²) in [5.41, 5.74) is 1.41. The highest BCUT2D eigenvalue weighted by molar-refractivity contribution is 5.96. The molecule has 0 aliphatic carbocycles. The summed E-state index contributed by atoms with van der Waals surface area (Å²) in [6, 6.07) is 19.1. The number of rotatable bonds is 11. The Morgan fingerprint density at radius 2 is 1.66 bits per heavy atom. The number of hydrogen-bond acceptors (Lipinski definition) is 6. The SMILES string of the molecule is CC(C)(C)OC(=O)C[C@@H](CCCOCc1ccccc1)C(=O)N1C(=O)OC[C@@H]1Cc1ccccc1. The van der Waals surface area contributed by atoms with Crippen molar-refractivity contribution in [2.24, 2.45) is 5.92 Å². The van der Waals surface area contributed by atoms with Crippen LogP contribution in [0, 0.1) is 5.92 Å². The molecule has 1 aliphatic heterocycles. The summed E-state index contributed by atoms with van der Waals surface area (Å²) in [7, 11) is 0. The minimum absolute atomic E-state index is 0.101. The molecule has 1 saturated heterocycles. The minimum atomic E-state index is -0.700. The van der Waals surface area contributed by atoms with Gasteiger partial charge in [0.15, 0.2) is 0 Å². The summed E-state index contributed by atoms with van der Waals surface area (Å²) >= 11 is 0. The number of esters is 1. The fourth-order valence-electron chi connectivity index (χ4n) is 4.06. The van der Waals surface area contributed by atoms with Gasteiger partial charge in [0, 0.05) is 12.5 Å². The highest BCUT2D eigenvalue weighted by atomic mass is 16.6. The van der Waals surface area contributed by atoms with Crippen molar-refractivity contribution in [3.8, 4) is 0 Å². The first-order valence-corrected chi connectivity index (χ1v) is 12.1. The Morgan fingerprint density at radius 1 is 1.03 bits per heavy atom. The maximum Gasteiger partial charge on any atom is 0.416 e. The molecule has 1 aliphatic rings. The summed E-state index contributed by atoms with van der Waals surface area (Å²) in [6.45, 7) is 6.40. The molecule has 0 unspecified atom stereocenters. The first kappa shape index (κ1) is 26.4. The summed E-state index contributed by atoms with van der Waals surface area (Å²) < 4.78 is 16.4. The average Bonchev–Trinajstić information content (AvgIpc) is 3.17. The third kappa shape index (κ3) is 8.51. The van der Waals surface area contributed by atoms with Crippen molar-refractivity contribution >= 4 is 18.0 Å². The number of benzene rings is 2. The Labute approximate surface area is 207 Å². The molecule has 2 amide bonds. The zero-order chi connectivity index (χ0) is 25.3. The van der Waals surface area contributed by atoms with Gasteiger partial charge in [0.1, 0.15) is 12.2 Å². The predicted molar refractivity (Wildman–Crippen MR) is 131 cm³/mol. The smallest absolute Gasteiger partial charge is 0.416 e. The lowest BCUT2D eigenvalue weighted by molar-refractivity contribution is -0.158. The molecule has 35 heavy (non-hydrogen) atoms. The highest BCUT2D eigenvalue weighted by Crippen LogP contribution is 2.25. The second-order valence-corrected chi connectivity index (χ2v) is 9.80. The molecular weight excluding hydrogens is 446 g/mol. The first-order valence-electron chi connectivity index (χ1n) is 12.1. The van der Waals surface area contributed by atoms with Gasteiger partial charge < -0.3 is 14.2 Å². The van der Waals surface area contributed by atoms with Crippen LogP contribution in [0.5, 0.6) is 0 Å². The second kappa shape index (κ2) is 12.5. The van der Waals surface area contributed by atoms with E-state index in [0.717, 1.165) is 11.1 Å². The average molecular weight is 482 g/mol. The van der Waals surface area contributed by atoms with Crippen LogP contribution in [0.4, 0.5) is 4.79 Å². The molecule has 0 bridgehead atoms. The van der Waals surface area contributed by atoms with Gasteiger partial charge in [-0.15, -0.1) is 0 Å². The number of nitrogens with zero attached hydrogens (tertiary/aromatic N) is 1. The molecule has 2 atom stereocenters. The molecule has 2 aromatic carbocycles. The van der Waals surface area contributed by atoms with E-state index in [2.05, 4.69) is 0 Å². The molecule has 1 fully saturated rings. The third-order valence-corrected chi connectivity index (χ3v) is 5.65. The topological polar surface area (TPSA) is 82.1 Å². The van der Waals surface area contributed by atoms with Gasteiger partial charge in [0.2, 0.25) is 5.91 Å². The van der Waals surface area contributed by atoms with E-state index >= 15 is 0 Å². The summed E-state index contributed by atoms with van der Waals surface area (Å²) in [4.78, 5) is 39.8. The number of amides is 2. The van der Waals surface area contributed by atoms with E-state index < -0.39 is 35.5 Å². The normalized spacial score (nSPS) is 16.6. The zero-order valence-electron chi connectivity index (χ0n) is 20.8. The van der Waals surface area contributed by atoms with Crippen LogP contribution in [0.15, 0.2) is 60.7 Å². The van der Waals surface area contributed by atoms with Gasteiger partial charge in [0.05, 0.1) is 19.1 Å². The van der Waals surface area contributed by atoms with Crippen molar-refractivity contribution in [3.63, 3.8) is 0 Å². The van der Waals surface area contributed by atoms with Crippen molar-refractivity contribution in [3.05, 3.63) is 71.8 Å². The molecule has 0 N–H and O–H groups in total. The van der Waals surface area contributed by atoms with Crippen LogP contribution in [0.25, 0.3) is 0 Å². The van der Waals surface area contributed by atoms with E-state index in [1.807, 2.05) is 60.7 Å². The van der Waals surface area contributed by atoms with Crippen LogP contribution >= 0.6 is 0 Å². The molecule has 7 heteroatoms. The fourth-order valence-corrected chi connectivity index (χ4v) is 4.06.